The lowest BCUT2D eigenvalue weighted by atomic mass is 9.48. The minimum Gasteiger partial charge on any atom is -0.462 e. The van der Waals surface area contributed by atoms with Crippen molar-refractivity contribution in [3.8, 4) is 0 Å². The van der Waals surface area contributed by atoms with Crippen LogP contribution in [0.4, 0.5) is 5.13 Å². The Kier molecular flexibility index (Phi) is 6.26. The van der Waals surface area contributed by atoms with Crippen LogP contribution in [0.25, 0.3) is 5.57 Å². The van der Waals surface area contributed by atoms with Gasteiger partial charge in [-0.15, -0.1) is 0 Å². The SMILES string of the molecule is CCN1CCN(Nc2nc3c(s2)C2=CC[C@H]4[C@@H]5CC[C@H](OC(C)=O)[C@@]5(C)CC[C@@H]4[C@@]2(C)CC3)C(O)C1. The van der Waals surface area contributed by atoms with Gasteiger partial charge in [-0.05, 0) is 80.2 Å². The normalized spacial score (nSPS) is 40.5. The maximum atomic E-state index is 11.8. The summed E-state index contributed by atoms with van der Waals surface area (Å²) in [5.74, 6) is 1.87. The number of hydrogen-bond acceptors (Lipinski definition) is 8. The van der Waals surface area contributed by atoms with Crippen molar-refractivity contribution in [2.45, 2.75) is 85.0 Å². The molecule has 1 unspecified atom stereocenters. The van der Waals surface area contributed by atoms with Crippen LogP contribution in [0, 0.1) is 28.6 Å². The molecular weight excluding hydrogens is 472 g/mol. The number of nitrogens with one attached hydrogen (secondary N) is 1. The predicted octanol–water partition coefficient (Wildman–Crippen LogP) is 4.54. The molecule has 1 aromatic rings. The molecule has 198 valence electrons. The highest BCUT2D eigenvalue weighted by atomic mass is 32.1. The van der Waals surface area contributed by atoms with Crippen LogP contribution in [0.5, 0.6) is 0 Å². The third kappa shape index (κ3) is 3.86. The predicted molar refractivity (Wildman–Crippen MR) is 142 cm³/mol. The first kappa shape index (κ1) is 24.8. The number of fused-ring (bicyclic) bond motifs is 7. The summed E-state index contributed by atoms with van der Waals surface area (Å²) in [6, 6.07) is 0. The number of allylic oxidation sites excluding steroid dienone is 2. The molecule has 4 aliphatic carbocycles. The highest BCUT2D eigenvalue weighted by molar-refractivity contribution is 7.16. The lowest BCUT2D eigenvalue weighted by Gasteiger charge is -2.56. The van der Waals surface area contributed by atoms with Crippen LogP contribution in [-0.4, -0.2) is 64.5 Å². The van der Waals surface area contributed by atoms with E-state index in [9.17, 15) is 9.90 Å². The fourth-order valence-corrected chi connectivity index (χ4v) is 9.83. The molecule has 0 radical (unpaired) electrons. The van der Waals surface area contributed by atoms with Gasteiger partial charge in [0.25, 0.3) is 0 Å². The quantitative estimate of drug-likeness (QED) is 0.571. The van der Waals surface area contributed by atoms with Crippen molar-refractivity contribution in [1.82, 2.24) is 14.9 Å². The van der Waals surface area contributed by atoms with Crippen LogP contribution in [0.2, 0.25) is 0 Å². The van der Waals surface area contributed by atoms with Gasteiger partial charge in [-0.25, -0.2) is 4.98 Å². The van der Waals surface area contributed by atoms with Gasteiger partial charge in [0.05, 0.1) is 10.6 Å². The van der Waals surface area contributed by atoms with Crippen molar-refractivity contribution >= 4 is 28.0 Å². The van der Waals surface area contributed by atoms with Crippen LogP contribution < -0.4 is 5.43 Å². The van der Waals surface area contributed by atoms with Gasteiger partial charge in [-0.1, -0.05) is 38.2 Å². The smallest absolute Gasteiger partial charge is 0.302 e. The van der Waals surface area contributed by atoms with Gasteiger partial charge < -0.3 is 9.84 Å². The fourth-order valence-electron chi connectivity index (χ4n) is 8.63. The number of likely N-dealkylation sites (N-methyl/N-ethyl adjacent to an activating group) is 1. The van der Waals surface area contributed by atoms with Crippen molar-refractivity contribution in [1.29, 1.82) is 0 Å². The van der Waals surface area contributed by atoms with Crippen LogP contribution in [0.1, 0.15) is 76.8 Å². The average molecular weight is 515 g/mol. The number of rotatable bonds is 4. The second-order valence-corrected chi connectivity index (χ2v) is 13.3. The van der Waals surface area contributed by atoms with E-state index in [1.165, 1.54) is 29.0 Å². The summed E-state index contributed by atoms with van der Waals surface area (Å²) in [6.45, 7) is 12.0. The molecule has 0 aromatic carbocycles. The number of thiazole rings is 1. The summed E-state index contributed by atoms with van der Waals surface area (Å²) in [5, 5.41) is 13.5. The van der Waals surface area contributed by atoms with Gasteiger partial charge in [0.2, 0.25) is 0 Å². The molecule has 2 heterocycles. The Morgan fingerprint density at radius 3 is 2.83 bits per heavy atom. The second-order valence-electron chi connectivity index (χ2n) is 12.3. The third-order valence-electron chi connectivity index (χ3n) is 10.6. The fraction of sp³-hybridized carbons (Fsp3) is 0.786. The van der Waals surface area contributed by atoms with Gasteiger partial charge in [0, 0.05) is 32.0 Å². The highest BCUT2D eigenvalue weighted by Gasteiger charge is 2.60. The molecule has 7 nitrogen and oxygen atoms in total. The van der Waals surface area contributed by atoms with E-state index in [0.717, 1.165) is 56.9 Å². The van der Waals surface area contributed by atoms with Crippen LogP contribution in [0.3, 0.4) is 0 Å². The summed E-state index contributed by atoms with van der Waals surface area (Å²) in [7, 11) is 0. The Labute approximate surface area is 219 Å². The number of carbonyl (C=O) groups excluding carboxylic acids is 1. The molecule has 5 aliphatic rings. The monoisotopic (exact) mass is 514 g/mol. The first-order valence-corrected chi connectivity index (χ1v) is 14.9. The molecule has 0 bridgehead atoms. The molecule has 2 N–H and O–H groups in total. The highest BCUT2D eigenvalue weighted by Crippen LogP contribution is 2.66. The molecule has 2 saturated carbocycles. The van der Waals surface area contributed by atoms with Gasteiger partial charge in [0.15, 0.2) is 5.13 Å². The molecule has 3 fully saturated rings. The third-order valence-corrected chi connectivity index (χ3v) is 11.7. The maximum absolute atomic E-state index is 11.8. The summed E-state index contributed by atoms with van der Waals surface area (Å²) >= 11 is 1.77. The number of hydrazine groups is 1. The number of aryl methyl sites for hydroxylation is 1. The van der Waals surface area contributed by atoms with E-state index in [1.807, 2.05) is 5.01 Å². The zero-order valence-corrected chi connectivity index (χ0v) is 23.1. The summed E-state index contributed by atoms with van der Waals surface area (Å²) in [4.78, 5) is 20.4. The van der Waals surface area contributed by atoms with E-state index in [0.29, 0.717) is 24.3 Å². The molecule has 0 amide bonds. The summed E-state index contributed by atoms with van der Waals surface area (Å²) in [5.41, 5.74) is 6.50. The van der Waals surface area contributed by atoms with Crippen molar-refractivity contribution in [2.75, 3.05) is 31.6 Å². The van der Waals surface area contributed by atoms with E-state index in [-0.39, 0.29) is 22.9 Å². The number of piperazine rings is 1. The number of β-amino-alcohol motifs (C(OH)–C–C–N with tert-alkyl or cyclic N) is 1. The average Bonchev–Trinajstić information content (AvgIpc) is 3.40. The second kappa shape index (κ2) is 9.07. The number of aliphatic hydroxyl groups excluding tert-OH is 1. The molecule has 8 heteroatoms. The number of aliphatic hydroxyl groups is 1. The minimum absolute atomic E-state index is 0.0850. The maximum Gasteiger partial charge on any atom is 0.302 e. The Morgan fingerprint density at radius 2 is 2.08 bits per heavy atom. The van der Waals surface area contributed by atoms with Gasteiger partial charge in [0.1, 0.15) is 12.3 Å². The van der Waals surface area contributed by atoms with Crippen molar-refractivity contribution in [3.63, 3.8) is 0 Å². The van der Waals surface area contributed by atoms with Crippen molar-refractivity contribution in [2.24, 2.45) is 28.6 Å². The van der Waals surface area contributed by atoms with Crippen LogP contribution in [-0.2, 0) is 16.0 Å². The Bertz CT molecular complexity index is 1060. The number of aromatic nitrogens is 1. The molecule has 36 heavy (non-hydrogen) atoms. The number of nitrogens with zero attached hydrogens (tertiary/aromatic N) is 3. The standard InChI is InChI=1S/C28H42N4O3S/c1-5-31-14-15-32(24(34)16-31)30-26-29-22-11-13-27(3)20-10-12-28(4)19(8-9-23(28)35-17(2)33)18(20)6-7-21(27)25(22)36-26/h7,18-20,23-24,34H,5-6,8-16H2,1-4H3,(H,29,30)/t18-,19-,20-,23-,24?,27+,28-/m0/s1. The molecule has 1 aliphatic heterocycles. The van der Waals surface area contributed by atoms with E-state index >= 15 is 0 Å². The van der Waals surface area contributed by atoms with Gasteiger partial charge >= 0.3 is 5.97 Å². The minimum atomic E-state index is -0.515. The van der Waals surface area contributed by atoms with Crippen LogP contribution >= 0.6 is 11.3 Å². The summed E-state index contributed by atoms with van der Waals surface area (Å²) in [6.07, 6.45) is 9.99. The zero-order chi connectivity index (χ0) is 25.2. The van der Waals surface area contributed by atoms with E-state index in [4.69, 9.17) is 9.72 Å². The number of ether oxygens (including phenoxy) is 1. The zero-order valence-electron chi connectivity index (χ0n) is 22.3. The number of esters is 1. The number of carbonyl (C=O) groups is 1. The largest absolute Gasteiger partial charge is 0.462 e. The topological polar surface area (TPSA) is 77.9 Å². The summed E-state index contributed by atoms with van der Waals surface area (Å²) < 4.78 is 5.83. The molecular formula is C28H42N4O3S. The molecule has 1 aromatic heterocycles. The first-order chi connectivity index (χ1) is 17.2. The lowest BCUT2D eigenvalue weighted by molar-refractivity contribution is -0.156. The van der Waals surface area contributed by atoms with Crippen molar-refractivity contribution < 1.29 is 14.6 Å². The van der Waals surface area contributed by atoms with E-state index in [1.54, 1.807) is 18.3 Å². The Hall–Kier alpha value is -1.48. The Balaban J connectivity index is 1.23. The van der Waals surface area contributed by atoms with Gasteiger partial charge in [-0.2, -0.15) is 5.01 Å². The van der Waals surface area contributed by atoms with Crippen molar-refractivity contribution in [3.05, 3.63) is 16.6 Å². The van der Waals surface area contributed by atoms with Crippen LogP contribution in [0.15, 0.2) is 6.08 Å². The Morgan fingerprint density at radius 1 is 1.25 bits per heavy atom. The lowest BCUT2D eigenvalue weighted by Crippen LogP contribution is -2.54. The molecule has 0 spiro atoms. The van der Waals surface area contributed by atoms with E-state index < -0.39 is 6.23 Å². The van der Waals surface area contributed by atoms with E-state index in [2.05, 4.69) is 37.2 Å². The first-order valence-electron chi connectivity index (χ1n) is 14.0. The van der Waals surface area contributed by atoms with Gasteiger partial charge in [-0.3, -0.25) is 15.1 Å². The molecule has 7 atom stereocenters. The number of hydrogen-bond donors (Lipinski definition) is 2. The number of anilines is 1. The molecule has 1 saturated heterocycles. The molecule has 6 rings (SSSR count).